The summed E-state index contributed by atoms with van der Waals surface area (Å²) in [6, 6.07) is 6.48. The summed E-state index contributed by atoms with van der Waals surface area (Å²) in [6.07, 6.45) is 3.77. The Morgan fingerprint density at radius 2 is 2.24 bits per heavy atom. The quantitative estimate of drug-likeness (QED) is 0.709. The molecule has 0 spiro atoms. The summed E-state index contributed by atoms with van der Waals surface area (Å²) >= 11 is 1.68. The summed E-state index contributed by atoms with van der Waals surface area (Å²) in [6.45, 7) is 0. The molecule has 0 fully saturated rings. The molecule has 4 nitrogen and oxygen atoms in total. The lowest BCUT2D eigenvalue weighted by atomic mass is 10.1. The molecule has 0 unspecified atom stereocenters. The maximum atomic E-state index is 4.33. The first kappa shape index (κ1) is 10.4. The van der Waals surface area contributed by atoms with E-state index in [1.54, 1.807) is 11.3 Å². The van der Waals surface area contributed by atoms with Crippen molar-refractivity contribution in [2.45, 2.75) is 12.8 Å². The molecule has 0 atom stereocenters. The second kappa shape index (κ2) is 4.25. The number of thiazole rings is 1. The van der Waals surface area contributed by atoms with Gasteiger partial charge in [-0.1, -0.05) is 11.3 Å². The summed E-state index contributed by atoms with van der Waals surface area (Å²) in [5.74, 6) is 0. The molecule has 0 aliphatic heterocycles. The molecule has 0 saturated carbocycles. The fourth-order valence-corrected chi connectivity index (χ4v) is 2.53. The number of hydrogen-bond donors (Lipinski definition) is 0. The topological polar surface area (TPSA) is 43.6 Å². The van der Waals surface area contributed by atoms with Crippen LogP contribution in [0.4, 0.5) is 0 Å². The van der Waals surface area contributed by atoms with Crippen LogP contribution < -0.4 is 0 Å². The number of fused-ring (bicyclic) bond motifs is 1. The standard InChI is InChI=1S/C12H12N4S/c1-16-10(7-14-15-16)4-2-9-3-5-12-11(6-9)13-8-17-12/h3,5-8H,2,4H2,1H3. The molecule has 3 rings (SSSR count). The lowest BCUT2D eigenvalue weighted by Crippen LogP contribution is -2.00. The van der Waals surface area contributed by atoms with Crippen LogP contribution in [-0.2, 0) is 19.9 Å². The van der Waals surface area contributed by atoms with Crippen molar-refractivity contribution >= 4 is 21.6 Å². The van der Waals surface area contributed by atoms with Gasteiger partial charge in [-0.25, -0.2) is 4.98 Å². The van der Waals surface area contributed by atoms with Gasteiger partial charge in [-0.3, -0.25) is 4.68 Å². The van der Waals surface area contributed by atoms with Gasteiger partial charge >= 0.3 is 0 Å². The zero-order valence-electron chi connectivity index (χ0n) is 9.50. The van der Waals surface area contributed by atoms with E-state index in [4.69, 9.17) is 0 Å². The minimum atomic E-state index is 0.957. The van der Waals surface area contributed by atoms with Crippen LogP contribution in [0.2, 0.25) is 0 Å². The van der Waals surface area contributed by atoms with Crippen molar-refractivity contribution in [1.29, 1.82) is 0 Å². The molecule has 3 aromatic rings. The highest BCUT2D eigenvalue weighted by molar-refractivity contribution is 7.16. The van der Waals surface area contributed by atoms with Gasteiger partial charge in [0.25, 0.3) is 0 Å². The van der Waals surface area contributed by atoms with E-state index in [9.17, 15) is 0 Å². The fourth-order valence-electron chi connectivity index (χ4n) is 1.87. The zero-order chi connectivity index (χ0) is 11.7. The van der Waals surface area contributed by atoms with Crippen LogP contribution in [0.3, 0.4) is 0 Å². The van der Waals surface area contributed by atoms with Crippen LogP contribution >= 0.6 is 11.3 Å². The molecule has 0 bridgehead atoms. The van der Waals surface area contributed by atoms with Crippen LogP contribution in [0.15, 0.2) is 29.9 Å². The van der Waals surface area contributed by atoms with E-state index in [1.807, 2.05) is 23.4 Å². The summed E-state index contributed by atoms with van der Waals surface area (Å²) in [5.41, 5.74) is 5.45. The molecule has 0 amide bonds. The van der Waals surface area contributed by atoms with E-state index >= 15 is 0 Å². The molecular weight excluding hydrogens is 232 g/mol. The van der Waals surface area contributed by atoms with E-state index in [2.05, 4.69) is 33.5 Å². The lowest BCUT2D eigenvalue weighted by Gasteiger charge is -2.01. The maximum Gasteiger partial charge on any atom is 0.0814 e. The molecule has 86 valence electrons. The van der Waals surface area contributed by atoms with E-state index in [-0.39, 0.29) is 0 Å². The molecule has 0 radical (unpaired) electrons. The predicted molar refractivity (Wildman–Crippen MR) is 68.0 cm³/mol. The van der Waals surface area contributed by atoms with Gasteiger partial charge in [0.1, 0.15) is 0 Å². The molecule has 0 aliphatic carbocycles. The number of benzene rings is 1. The predicted octanol–water partition coefficient (Wildman–Crippen LogP) is 2.21. The highest BCUT2D eigenvalue weighted by Gasteiger charge is 2.02. The first-order valence-electron chi connectivity index (χ1n) is 5.48. The van der Waals surface area contributed by atoms with Gasteiger partial charge in [0.2, 0.25) is 0 Å². The fraction of sp³-hybridized carbons (Fsp3) is 0.250. The number of rotatable bonds is 3. The number of hydrogen-bond acceptors (Lipinski definition) is 4. The van der Waals surface area contributed by atoms with Gasteiger partial charge in [0, 0.05) is 7.05 Å². The number of nitrogens with zero attached hydrogens (tertiary/aromatic N) is 4. The van der Waals surface area contributed by atoms with Crippen LogP contribution in [0.5, 0.6) is 0 Å². The Morgan fingerprint density at radius 3 is 3.06 bits per heavy atom. The first-order valence-corrected chi connectivity index (χ1v) is 6.36. The molecular formula is C12H12N4S. The summed E-state index contributed by atoms with van der Waals surface area (Å²) in [4.78, 5) is 4.33. The Hall–Kier alpha value is -1.75. The molecule has 5 heteroatoms. The summed E-state index contributed by atoms with van der Waals surface area (Å²) < 4.78 is 3.07. The Morgan fingerprint density at radius 1 is 1.29 bits per heavy atom. The van der Waals surface area contributed by atoms with Crippen molar-refractivity contribution in [1.82, 2.24) is 20.0 Å². The normalized spacial score (nSPS) is 11.1. The zero-order valence-corrected chi connectivity index (χ0v) is 10.3. The Kier molecular flexibility index (Phi) is 2.60. The van der Waals surface area contributed by atoms with E-state index in [1.165, 1.54) is 10.3 Å². The van der Waals surface area contributed by atoms with E-state index in [0.717, 1.165) is 24.1 Å². The SMILES string of the molecule is Cn1nncc1CCc1ccc2scnc2c1. The maximum absolute atomic E-state index is 4.33. The Bertz CT molecular complexity index is 641. The van der Waals surface area contributed by atoms with Gasteiger partial charge in [-0.05, 0) is 30.5 Å². The first-order chi connectivity index (χ1) is 8.33. The third kappa shape index (κ3) is 2.06. The van der Waals surface area contributed by atoms with E-state index < -0.39 is 0 Å². The monoisotopic (exact) mass is 244 g/mol. The molecule has 2 aromatic heterocycles. The molecule has 0 N–H and O–H groups in total. The Balaban J connectivity index is 1.78. The van der Waals surface area contributed by atoms with Crippen molar-refractivity contribution < 1.29 is 0 Å². The van der Waals surface area contributed by atoms with Crippen LogP contribution in [-0.4, -0.2) is 20.0 Å². The number of aromatic nitrogens is 4. The van der Waals surface area contributed by atoms with Crippen molar-refractivity contribution in [2.75, 3.05) is 0 Å². The third-order valence-corrected chi connectivity index (χ3v) is 3.68. The smallest absolute Gasteiger partial charge is 0.0814 e. The molecule has 17 heavy (non-hydrogen) atoms. The van der Waals surface area contributed by atoms with Crippen LogP contribution in [0.25, 0.3) is 10.2 Å². The van der Waals surface area contributed by atoms with Crippen molar-refractivity contribution in [3.05, 3.63) is 41.2 Å². The van der Waals surface area contributed by atoms with Crippen LogP contribution in [0, 0.1) is 0 Å². The largest absolute Gasteiger partial charge is 0.252 e. The second-order valence-electron chi connectivity index (χ2n) is 4.00. The minimum Gasteiger partial charge on any atom is -0.252 e. The third-order valence-electron chi connectivity index (χ3n) is 2.87. The van der Waals surface area contributed by atoms with Gasteiger partial charge in [0.15, 0.2) is 0 Å². The molecule has 0 aliphatic rings. The van der Waals surface area contributed by atoms with Gasteiger partial charge in [-0.15, -0.1) is 16.4 Å². The van der Waals surface area contributed by atoms with E-state index in [0.29, 0.717) is 0 Å². The summed E-state index contributed by atoms with van der Waals surface area (Å²) in [7, 11) is 1.92. The lowest BCUT2D eigenvalue weighted by molar-refractivity contribution is 0.672. The average Bonchev–Trinajstić information content (AvgIpc) is 2.94. The molecule has 1 aromatic carbocycles. The minimum absolute atomic E-state index is 0.957. The van der Waals surface area contributed by atoms with Gasteiger partial charge in [-0.2, -0.15) is 0 Å². The van der Waals surface area contributed by atoms with Crippen molar-refractivity contribution in [2.24, 2.45) is 7.05 Å². The Labute approximate surface area is 103 Å². The highest BCUT2D eigenvalue weighted by atomic mass is 32.1. The van der Waals surface area contributed by atoms with Crippen molar-refractivity contribution in [3.63, 3.8) is 0 Å². The molecule has 2 heterocycles. The number of aryl methyl sites for hydroxylation is 3. The van der Waals surface area contributed by atoms with Crippen LogP contribution in [0.1, 0.15) is 11.3 Å². The summed E-state index contributed by atoms with van der Waals surface area (Å²) in [5, 5.41) is 7.80. The second-order valence-corrected chi connectivity index (χ2v) is 4.89. The van der Waals surface area contributed by atoms with Crippen molar-refractivity contribution in [3.8, 4) is 0 Å². The highest BCUT2D eigenvalue weighted by Crippen LogP contribution is 2.19. The van der Waals surface area contributed by atoms with Gasteiger partial charge < -0.3 is 0 Å². The molecule has 0 saturated heterocycles. The van der Waals surface area contributed by atoms with Gasteiger partial charge in [0.05, 0.1) is 27.6 Å². The average molecular weight is 244 g/mol.